The number of hydrogen-bond donors (Lipinski definition) is 1. The van der Waals surface area contributed by atoms with Gasteiger partial charge in [-0.25, -0.2) is 4.98 Å². The topological polar surface area (TPSA) is 75.4 Å². The predicted octanol–water partition coefficient (Wildman–Crippen LogP) is 1.06. The molecule has 1 amide bonds. The number of nitrogens with zero attached hydrogens (tertiary/aromatic N) is 3. The summed E-state index contributed by atoms with van der Waals surface area (Å²) in [5.74, 6) is -0.846. The summed E-state index contributed by atoms with van der Waals surface area (Å²) in [6, 6.07) is 0. The van der Waals surface area contributed by atoms with E-state index in [1.807, 2.05) is 0 Å². The Morgan fingerprint density at radius 1 is 1.37 bits per heavy atom. The van der Waals surface area contributed by atoms with E-state index >= 15 is 0 Å². The third-order valence-corrected chi connectivity index (χ3v) is 3.99. The number of rotatable bonds is 2. The van der Waals surface area contributed by atoms with Crippen LogP contribution in [0.1, 0.15) is 35.9 Å². The van der Waals surface area contributed by atoms with Crippen molar-refractivity contribution in [3.63, 3.8) is 0 Å². The summed E-state index contributed by atoms with van der Waals surface area (Å²) in [6.45, 7) is 4.50. The van der Waals surface area contributed by atoms with Gasteiger partial charge in [0.15, 0.2) is 0 Å². The summed E-state index contributed by atoms with van der Waals surface area (Å²) in [4.78, 5) is 29.4. The zero-order chi connectivity index (χ0) is 14.2. The number of amides is 1. The molecule has 104 valence electrons. The minimum atomic E-state index is -0.781. The van der Waals surface area contributed by atoms with Gasteiger partial charge in [0.25, 0.3) is 5.91 Å². The van der Waals surface area contributed by atoms with Crippen LogP contribution in [0.2, 0.25) is 0 Å². The molecule has 1 N–H and O–H groups in total. The molecule has 0 aromatic carbocycles. The maximum absolute atomic E-state index is 12.4. The van der Waals surface area contributed by atoms with Gasteiger partial charge in [0.05, 0.1) is 17.4 Å². The van der Waals surface area contributed by atoms with E-state index < -0.39 is 11.4 Å². The number of carbonyl (C=O) groups excluding carboxylic acids is 1. The Kier molecular flexibility index (Phi) is 3.34. The number of hydrogen-bond acceptors (Lipinski definition) is 3. The van der Waals surface area contributed by atoms with Crippen LogP contribution in [0.15, 0.2) is 6.33 Å². The smallest absolute Gasteiger partial charge is 0.309 e. The molecule has 0 unspecified atom stereocenters. The molecule has 0 aliphatic carbocycles. The van der Waals surface area contributed by atoms with Crippen molar-refractivity contribution in [1.82, 2.24) is 14.5 Å². The third-order valence-electron chi connectivity index (χ3n) is 3.99. The number of aromatic nitrogens is 2. The summed E-state index contributed by atoms with van der Waals surface area (Å²) in [5.41, 5.74) is 0.580. The van der Waals surface area contributed by atoms with Gasteiger partial charge in [0, 0.05) is 20.1 Å². The maximum atomic E-state index is 12.4. The lowest BCUT2D eigenvalue weighted by atomic mass is 9.80. The Morgan fingerprint density at radius 2 is 1.95 bits per heavy atom. The van der Waals surface area contributed by atoms with Gasteiger partial charge in [-0.05, 0) is 26.7 Å². The average molecular weight is 265 g/mol. The van der Waals surface area contributed by atoms with E-state index in [4.69, 9.17) is 0 Å². The van der Waals surface area contributed by atoms with E-state index in [0.717, 1.165) is 0 Å². The molecule has 2 rings (SSSR count). The molecule has 19 heavy (non-hydrogen) atoms. The highest BCUT2D eigenvalue weighted by Crippen LogP contribution is 2.31. The molecular formula is C13H19N3O3. The maximum Gasteiger partial charge on any atom is 0.309 e. The van der Waals surface area contributed by atoms with Gasteiger partial charge in [-0.2, -0.15) is 0 Å². The number of carbonyl (C=O) groups is 2. The van der Waals surface area contributed by atoms with Crippen molar-refractivity contribution in [3.8, 4) is 0 Å². The molecule has 0 saturated carbocycles. The average Bonchev–Trinajstić information content (AvgIpc) is 2.69. The highest BCUT2D eigenvalue weighted by Gasteiger charge is 2.38. The molecule has 6 heteroatoms. The van der Waals surface area contributed by atoms with Crippen LogP contribution in [0.3, 0.4) is 0 Å². The first-order valence-corrected chi connectivity index (χ1v) is 6.36. The van der Waals surface area contributed by atoms with E-state index in [0.29, 0.717) is 37.3 Å². The van der Waals surface area contributed by atoms with Gasteiger partial charge in [-0.15, -0.1) is 0 Å². The Balaban J connectivity index is 2.10. The second-order valence-electron chi connectivity index (χ2n) is 5.45. The fraction of sp³-hybridized carbons (Fsp3) is 0.615. The lowest BCUT2D eigenvalue weighted by Gasteiger charge is -2.36. The first-order chi connectivity index (χ1) is 8.85. The number of carboxylic acid groups (broad SMARTS) is 1. The third kappa shape index (κ3) is 2.34. The van der Waals surface area contributed by atoms with Crippen LogP contribution in [-0.2, 0) is 11.8 Å². The number of aliphatic carboxylic acids is 1. The fourth-order valence-corrected chi connectivity index (χ4v) is 2.42. The molecule has 0 spiro atoms. The standard InChI is InChI=1S/C13H19N3O3/c1-9-10(15(3)8-14-9)11(17)16-6-4-13(2,5-7-16)12(18)19/h8H,4-7H2,1-3H3,(H,18,19). The highest BCUT2D eigenvalue weighted by molar-refractivity contribution is 5.93. The number of aryl methyl sites for hydroxylation is 2. The second-order valence-corrected chi connectivity index (χ2v) is 5.45. The van der Waals surface area contributed by atoms with Crippen LogP contribution in [0, 0.1) is 12.3 Å². The molecule has 1 aromatic heterocycles. The van der Waals surface area contributed by atoms with Crippen LogP contribution in [0.25, 0.3) is 0 Å². The van der Waals surface area contributed by atoms with Crippen molar-refractivity contribution in [2.75, 3.05) is 13.1 Å². The lowest BCUT2D eigenvalue weighted by Crippen LogP contribution is -2.45. The van der Waals surface area contributed by atoms with E-state index in [2.05, 4.69) is 4.98 Å². The molecule has 2 heterocycles. The zero-order valence-corrected chi connectivity index (χ0v) is 11.5. The second kappa shape index (κ2) is 4.68. The normalized spacial score (nSPS) is 18.4. The first-order valence-electron chi connectivity index (χ1n) is 6.36. The molecule has 0 atom stereocenters. The summed E-state index contributed by atoms with van der Waals surface area (Å²) in [5, 5.41) is 9.18. The monoisotopic (exact) mass is 265 g/mol. The van der Waals surface area contributed by atoms with E-state index in [9.17, 15) is 14.7 Å². The molecule has 6 nitrogen and oxygen atoms in total. The lowest BCUT2D eigenvalue weighted by molar-refractivity contribution is -0.150. The van der Waals surface area contributed by atoms with Crippen molar-refractivity contribution in [3.05, 3.63) is 17.7 Å². The zero-order valence-electron chi connectivity index (χ0n) is 11.5. The minimum absolute atomic E-state index is 0.0649. The molecule has 1 aliphatic rings. The molecule has 1 fully saturated rings. The van der Waals surface area contributed by atoms with Gasteiger partial charge in [0.2, 0.25) is 0 Å². The SMILES string of the molecule is Cc1ncn(C)c1C(=O)N1CCC(C)(C(=O)O)CC1. The van der Waals surface area contributed by atoms with Gasteiger partial charge >= 0.3 is 5.97 Å². The van der Waals surface area contributed by atoms with Gasteiger partial charge in [-0.3, -0.25) is 9.59 Å². The van der Waals surface area contributed by atoms with Gasteiger partial charge in [0.1, 0.15) is 5.69 Å². The molecule has 0 bridgehead atoms. The summed E-state index contributed by atoms with van der Waals surface area (Å²) in [7, 11) is 1.79. The van der Waals surface area contributed by atoms with Crippen molar-refractivity contribution in [1.29, 1.82) is 0 Å². The highest BCUT2D eigenvalue weighted by atomic mass is 16.4. The van der Waals surface area contributed by atoms with Crippen LogP contribution in [-0.4, -0.2) is 44.5 Å². The number of carboxylic acids is 1. The van der Waals surface area contributed by atoms with Crippen LogP contribution < -0.4 is 0 Å². The molecule has 1 aliphatic heterocycles. The largest absolute Gasteiger partial charge is 0.481 e. The van der Waals surface area contributed by atoms with Crippen molar-refractivity contribution >= 4 is 11.9 Å². The van der Waals surface area contributed by atoms with E-state index in [-0.39, 0.29) is 5.91 Å². The number of likely N-dealkylation sites (tertiary alicyclic amines) is 1. The van der Waals surface area contributed by atoms with Crippen molar-refractivity contribution in [2.45, 2.75) is 26.7 Å². The molecular weight excluding hydrogens is 246 g/mol. The van der Waals surface area contributed by atoms with E-state index in [1.54, 1.807) is 36.7 Å². The van der Waals surface area contributed by atoms with Crippen molar-refractivity contribution < 1.29 is 14.7 Å². The Labute approximate surface area is 112 Å². The van der Waals surface area contributed by atoms with Crippen LogP contribution in [0.4, 0.5) is 0 Å². The van der Waals surface area contributed by atoms with Gasteiger partial charge < -0.3 is 14.6 Å². The summed E-state index contributed by atoms with van der Waals surface area (Å²) >= 11 is 0. The Hall–Kier alpha value is -1.85. The van der Waals surface area contributed by atoms with Crippen LogP contribution in [0.5, 0.6) is 0 Å². The summed E-state index contributed by atoms with van der Waals surface area (Å²) in [6.07, 6.45) is 2.60. The summed E-state index contributed by atoms with van der Waals surface area (Å²) < 4.78 is 1.71. The van der Waals surface area contributed by atoms with Gasteiger partial charge in [-0.1, -0.05) is 0 Å². The number of imidazole rings is 1. The first kappa shape index (κ1) is 13.6. The molecule has 0 radical (unpaired) electrons. The Bertz CT molecular complexity index is 494. The quantitative estimate of drug-likeness (QED) is 0.867. The molecule has 1 saturated heterocycles. The minimum Gasteiger partial charge on any atom is -0.481 e. The number of piperidine rings is 1. The van der Waals surface area contributed by atoms with Crippen molar-refractivity contribution in [2.24, 2.45) is 12.5 Å². The molecule has 1 aromatic rings. The predicted molar refractivity (Wildman–Crippen MR) is 68.8 cm³/mol. The van der Waals surface area contributed by atoms with Crippen LogP contribution >= 0.6 is 0 Å². The van der Waals surface area contributed by atoms with E-state index in [1.165, 1.54) is 0 Å². The fourth-order valence-electron chi connectivity index (χ4n) is 2.42. The Morgan fingerprint density at radius 3 is 2.37 bits per heavy atom.